The van der Waals surface area contributed by atoms with Crippen LogP contribution in [0.3, 0.4) is 0 Å². The lowest BCUT2D eigenvalue weighted by molar-refractivity contribution is -0.333. The average Bonchev–Trinajstić information content (AvgIpc) is 2.46. The summed E-state index contributed by atoms with van der Waals surface area (Å²) in [6.07, 6.45) is -5.65. The topological polar surface area (TPSA) is 43.4 Å². The van der Waals surface area contributed by atoms with Gasteiger partial charge in [-0.1, -0.05) is 37.3 Å². The van der Waals surface area contributed by atoms with Gasteiger partial charge >= 0.3 is 27.5 Å². The summed E-state index contributed by atoms with van der Waals surface area (Å²) in [7, 11) is -9.50. The molecule has 0 aliphatic heterocycles. The fourth-order valence-electron chi connectivity index (χ4n) is 1.68. The Kier molecular flexibility index (Phi) is 6.13. The van der Waals surface area contributed by atoms with Gasteiger partial charge in [-0.3, -0.25) is 0 Å². The highest BCUT2D eigenvalue weighted by atomic mass is 32.3. The first-order valence-electron chi connectivity index (χ1n) is 6.65. The van der Waals surface area contributed by atoms with Gasteiger partial charge in [-0.05, 0) is 17.6 Å². The molecule has 0 N–H and O–H groups in total. The fraction of sp³-hybridized carbons (Fsp3) is 0.538. The van der Waals surface area contributed by atoms with Crippen molar-refractivity contribution in [1.29, 1.82) is 0 Å². The molecule has 0 aliphatic carbocycles. The Morgan fingerprint density at radius 1 is 0.960 bits per heavy atom. The number of hydrogen-bond donors (Lipinski definition) is 0. The van der Waals surface area contributed by atoms with Crippen LogP contribution < -0.4 is 0 Å². The first-order valence-corrected chi connectivity index (χ1v) is 10.4. The second-order valence-corrected chi connectivity index (χ2v) is 10.4. The fourth-order valence-corrected chi connectivity index (χ4v) is 5.86. The van der Waals surface area contributed by atoms with Crippen molar-refractivity contribution in [1.82, 2.24) is 0 Å². The van der Waals surface area contributed by atoms with E-state index in [2.05, 4.69) is 3.63 Å². The zero-order chi connectivity index (χ0) is 19.7. The number of alkyl halides is 7. The van der Waals surface area contributed by atoms with Crippen LogP contribution >= 0.6 is 10.3 Å². The highest BCUT2D eigenvalue weighted by Gasteiger charge is 2.79. The molecule has 1 aromatic carbocycles. The minimum atomic E-state index is -6.79. The van der Waals surface area contributed by atoms with Crippen molar-refractivity contribution < 1.29 is 42.8 Å². The van der Waals surface area contributed by atoms with Gasteiger partial charge in [0.25, 0.3) is 0 Å². The van der Waals surface area contributed by atoms with Gasteiger partial charge in [0.1, 0.15) is 0 Å². The Hall–Kier alpha value is -1.01. The molecule has 0 saturated heterocycles. The van der Waals surface area contributed by atoms with E-state index in [4.69, 9.17) is 0 Å². The van der Waals surface area contributed by atoms with Crippen LogP contribution in [0.25, 0.3) is 0 Å². The van der Waals surface area contributed by atoms with Crippen molar-refractivity contribution in [2.45, 2.75) is 30.0 Å². The van der Waals surface area contributed by atoms with E-state index in [0.29, 0.717) is 5.56 Å². The number of halogens is 7. The van der Waals surface area contributed by atoms with Crippen LogP contribution in [-0.2, 0) is 19.5 Å². The second-order valence-electron chi connectivity index (χ2n) is 5.21. The molecule has 0 aliphatic rings. The molecular formula is C13H15F7O3S2. The smallest absolute Gasteiger partial charge is 0.215 e. The number of rotatable bonds is 7. The molecule has 1 unspecified atom stereocenters. The summed E-state index contributed by atoms with van der Waals surface area (Å²) in [5, 5.41) is -6.46. The van der Waals surface area contributed by atoms with E-state index in [-0.39, 0.29) is 11.5 Å². The van der Waals surface area contributed by atoms with E-state index in [1.807, 2.05) is 0 Å². The largest absolute Gasteiger partial charge is 0.461 e. The van der Waals surface area contributed by atoms with E-state index in [1.54, 1.807) is 18.2 Å². The minimum absolute atomic E-state index is 0.158. The Bertz CT molecular complexity index is 689. The molecule has 0 fully saturated rings. The monoisotopic (exact) mass is 416 g/mol. The highest BCUT2D eigenvalue weighted by molar-refractivity contribution is 8.31. The van der Waals surface area contributed by atoms with E-state index in [0.717, 1.165) is 6.26 Å². The quantitative estimate of drug-likeness (QED) is 0.606. The Morgan fingerprint density at radius 3 is 1.84 bits per heavy atom. The van der Waals surface area contributed by atoms with Crippen molar-refractivity contribution in [2.24, 2.45) is 0 Å². The zero-order valence-electron chi connectivity index (χ0n) is 13.0. The molecule has 0 saturated carbocycles. The molecule has 1 atom stereocenters. The lowest BCUT2D eigenvalue weighted by Crippen LogP contribution is -2.56. The molecule has 0 heterocycles. The summed E-state index contributed by atoms with van der Waals surface area (Å²) in [5.41, 5.74) is 0.461. The molecule has 3 nitrogen and oxygen atoms in total. The molecule has 0 spiro atoms. The standard InChI is InChI=1S/C13H15F7O3S2/c1-3-24(2,9-10-7-5-4-6-8-10)23-25(21,22)13(19,20)11(14,15)12(16,17)18/h4-8H,3,9H2,1-2H3. The minimum Gasteiger partial charge on any atom is -0.215 e. The molecule has 0 amide bonds. The van der Waals surface area contributed by atoms with E-state index < -0.39 is 37.8 Å². The van der Waals surface area contributed by atoms with Crippen molar-refractivity contribution in [3.63, 3.8) is 0 Å². The normalized spacial score (nSPS) is 17.8. The van der Waals surface area contributed by atoms with Crippen LogP contribution in [0, 0.1) is 0 Å². The maximum absolute atomic E-state index is 13.5. The molecule has 1 rings (SSSR count). The molecule has 0 aromatic heterocycles. The third kappa shape index (κ3) is 4.40. The van der Waals surface area contributed by atoms with Crippen molar-refractivity contribution in [3.8, 4) is 0 Å². The lowest BCUT2D eigenvalue weighted by atomic mass is 10.2. The zero-order valence-corrected chi connectivity index (χ0v) is 14.6. The van der Waals surface area contributed by atoms with E-state index >= 15 is 0 Å². The van der Waals surface area contributed by atoms with Crippen molar-refractivity contribution in [2.75, 3.05) is 12.0 Å². The van der Waals surface area contributed by atoms with Crippen LogP contribution in [0.4, 0.5) is 30.7 Å². The summed E-state index contributed by atoms with van der Waals surface area (Å²) >= 11 is 0. The van der Waals surface area contributed by atoms with Crippen LogP contribution in [0.15, 0.2) is 30.3 Å². The van der Waals surface area contributed by atoms with Crippen LogP contribution in [0.1, 0.15) is 12.5 Å². The number of hydrogen-bond acceptors (Lipinski definition) is 3. The third-order valence-corrected chi connectivity index (χ3v) is 8.30. The number of benzene rings is 1. The first kappa shape index (κ1) is 22.0. The van der Waals surface area contributed by atoms with Crippen LogP contribution in [0.2, 0.25) is 0 Å². The van der Waals surface area contributed by atoms with Gasteiger partial charge < -0.3 is 0 Å². The van der Waals surface area contributed by atoms with E-state index in [9.17, 15) is 39.2 Å². The third-order valence-electron chi connectivity index (χ3n) is 3.21. The van der Waals surface area contributed by atoms with Gasteiger partial charge in [0.2, 0.25) is 0 Å². The highest BCUT2D eigenvalue weighted by Crippen LogP contribution is 2.56. The maximum Gasteiger partial charge on any atom is 0.461 e. The lowest BCUT2D eigenvalue weighted by Gasteiger charge is -2.36. The maximum atomic E-state index is 13.5. The molecule has 146 valence electrons. The van der Waals surface area contributed by atoms with Crippen molar-refractivity contribution in [3.05, 3.63) is 35.9 Å². The predicted molar refractivity (Wildman–Crippen MR) is 80.2 cm³/mol. The molecule has 25 heavy (non-hydrogen) atoms. The van der Waals surface area contributed by atoms with Gasteiger partial charge in [-0.15, -0.1) is 10.3 Å². The van der Waals surface area contributed by atoms with Gasteiger partial charge in [0.15, 0.2) is 0 Å². The molecule has 12 heteroatoms. The van der Waals surface area contributed by atoms with Crippen molar-refractivity contribution >= 4 is 20.4 Å². The predicted octanol–water partition coefficient (Wildman–Crippen LogP) is 4.69. The Labute approximate surface area is 141 Å². The summed E-state index contributed by atoms with van der Waals surface area (Å²) in [6, 6.07) is 7.77. The molecule has 0 bridgehead atoms. The Morgan fingerprint density at radius 2 is 1.44 bits per heavy atom. The molecule has 0 radical (unpaired) electrons. The van der Waals surface area contributed by atoms with Gasteiger partial charge in [0.05, 0.1) is 0 Å². The summed E-state index contributed by atoms with van der Waals surface area (Å²) in [4.78, 5) is 0. The SMILES string of the molecule is CCS(C)(Cc1ccccc1)OS(=O)(=O)C(F)(F)C(F)(F)C(F)(F)F. The molecular weight excluding hydrogens is 401 g/mol. The summed E-state index contributed by atoms with van der Waals surface area (Å²) in [6.45, 7) is 1.35. The van der Waals surface area contributed by atoms with Gasteiger partial charge in [-0.25, -0.2) is 3.63 Å². The Balaban J connectivity index is 3.20. The summed E-state index contributed by atoms with van der Waals surface area (Å²) < 4.78 is 117. The van der Waals surface area contributed by atoms with Gasteiger partial charge in [0, 0.05) is 5.75 Å². The second kappa shape index (κ2) is 6.95. The molecule has 1 aromatic rings. The van der Waals surface area contributed by atoms with E-state index in [1.165, 1.54) is 19.1 Å². The average molecular weight is 416 g/mol. The van der Waals surface area contributed by atoms with Crippen LogP contribution in [0.5, 0.6) is 0 Å². The summed E-state index contributed by atoms with van der Waals surface area (Å²) in [5.74, 6) is -7.16. The van der Waals surface area contributed by atoms with Crippen LogP contribution in [-0.4, -0.2) is 37.8 Å². The van der Waals surface area contributed by atoms with Gasteiger partial charge in [-0.2, -0.15) is 39.2 Å². The first-order chi connectivity index (χ1) is 11.1.